The maximum Gasteiger partial charge on any atom is 0.343 e. The number of rotatable bonds is 18. The summed E-state index contributed by atoms with van der Waals surface area (Å²) in [7, 11) is 0. The number of carbonyl (C=O) groups is 3. The summed E-state index contributed by atoms with van der Waals surface area (Å²) < 4.78 is 22.4. The number of hydrogen-bond acceptors (Lipinski definition) is 7. The van der Waals surface area contributed by atoms with Crippen LogP contribution in [0.15, 0.2) is 97.1 Å². The molecule has 0 aromatic heterocycles. The molecule has 0 saturated carbocycles. The Morgan fingerprint density at radius 3 is 1.60 bits per heavy atom. The molecule has 0 unspecified atom stereocenters. The molecule has 0 aliphatic carbocycles. The predicted octanol–water partition coefficient (Wildman–Crippen LogP) is 9.30. The number of nitrogens with one attached hydrogen (secondary N) is 1. The number of esters is 2. The van der Waals surface area contributed by atoms with E-state index in [2.05, 4.69) is 19.2 Å². The van der Waals surface area contributed by atoms with Crippen LogP contribution < -0.4 is 24.3 Å². The zero-order valence-electron chi connectivity index (χ0n) is 27.2. The molecule has 4 aromatic rings. The van der Waals surface area contributed by atoms with Crippen LogP contribution in [0.4, 0.5) is 5.69 Å². The van der Waals surface area contributed by atoms with Crippen molar-refractivity contribution in [2.24, 2.45) is 0 Å². The second kappa shape index (κ2) is 18.8. The van der Waals surface area contributed by atoms with Gasteiger partial charge in [0, 0.05) is 17.3 Å². The van der Waals surface area contributed by atoms with Crippen LogP contribution in [0.2, 0.25) is 0 Å². The summed E-state index contributed by atoms with van der Waals surface area (Å²) in [6.07, 6.45) is 9.17. The molecule has 246 valence electrons. The zero-order valence-corrected chi connectivity index (χ0v) is 27.2. The molecule has 0 aliphatic rings. The molecule has 0 aliphatic heterocycles. The van der Waals surface area contributed by atoms with Gasteiger partial charge in [-0.3, -0.25) is 4.79 Å². The normalized spacial score (nSPS) is 10.6. The summed E-state index contributed by atoms with van der Waals surface area (Å²) >= 11 is 0. The van der Waals surface area contributed by atoms with Crippen LogP contribution in [0.3, 0.4) is 0 Å². The van der Waals surface area contributed by atoms with E-state index in [-0.39, 0.29) is 17.2 Å². The van der Waals surface area contributed by atoms with Crippen molar-refractivity contribution in [3.8, 4) is 23.0 Å². The number of ether oxygens (including phenoxy) is 4. The molecule has 4 aromatic carbocycles. The van der Waals surface area contributed by atoms with Crippen molar-refractivity contribution in [2.45, 2.75) is 65.2 Å². The minimum absolute atomic E-state index is 0.277. The Kier molecular flexibility index (Phi) is 13.9. The molecule has 8 nitrogen and oxygen atoms in total. The molecule has 0 saturated heterocycles. The van der Waals surface area contributed by atoms with E-state index in [0.717, 1.165) is 25.7 Å². The van der Waals surface area contributed by atoms with E-state index in [0.29, 0.717) is 47.3 Å². The lowest BCUT2D eigenvalue weighted by atomic mass is 10.1. The summed E-state index contributed by atoms with van der Waals surface area (Å²) in [6.45, 7) is 5.58. The largest absolute Gasteiger partial charge is 0.494 e. The maximum absolute atomic E-state index is 12.7. The van der Waals surface area contributed by atoms with E-state index in [1.54, 1.807) is 60.7 Å². The van der Waals surface area contributed by atoms with Gasteiger partial charge in [0.1, 0.15) is 23.0 Å². The fourth-order valence-electron chi connectivity index (χ4n) is 4.63. The van der Waals surface area contributed by atoms with Gasteiger partial charge in [-0.25, -0.2) is 9.59 Å². The van der Waals surface area contributed by atoms with Crippen LogP contribution in [0.1, 0.15) is 96.3 Å². The Hall–Kier alpha value is -5.11. The van der Waals surface area contributed by atoms with Crippen molar-refractivity contribution in [1.29, 1.82) is 0 Å². The lowest BCUT2D eigenvalue weighted by Gasteiger charge is -2.10. The average Bonchev–Trinajstić information content (AvgIpc) is 3.09. The van der Waals surface area contributed by atoms with Gasteiger partial charge in [-0.05, 0) is 97.8 Å². The summed E-state index contributed by atoms with van der Waals surface area (Å²) in [6, 6.07) is 26.5. The Bertz CT molecular complexity index is 1560. The lowest BCUT2D eigenvalue weighted by Crippen LogP contribution is -2.12. The number of carbonyl (C=O) groups excluding carboxylic acids is 3. The van der Waals surface area contributed by atoms with Crippen molar-refractivity contribution in [3.05, 3.63) is 114 Å². The van der Waals surface area contributed by atoms with E-state index in [4.69, 9.17) is 18.9 Å². The topological polar surface area (TPSA) is 100 Å². The second-order valence-corrected chi connectivity index (χ2v) is 11.2. The standard InChI is InChI=1S/C39H43NO7/c1-3-5-7-8-9-10-27-44-33-20-16-30(17-21-33)38(42)47-35-24-18-31(19-25-35)39(43)46-34-22-14-29(15-23-34)37(41)40-32-12-11-13-36(28-32)45-26-6-4-2/h11-25,28H,3-10,26-27H2,1-2H3,(H,40,41). The van der Waals surface area contributed by atoms with Crippen molar-refractivity contribution < 1.29 is 33.3 Å². The molecule has 47 heavy (non-hydrogen) atoms. The van der Waals surface area contributed by atoms with Crippen LogP contribution in [0, 0.1) is 0 Å². The van der Waals surface area contributed by atoms with Gasteiger partial charge in [-0.2, -0.15) is 0 Å². The number of benzene rings is 4. The molecular formula is C39H43NO7. The fraction of sp³-hybridized carbons (Fsp3) is 0.308. The molecule has 4 rings (SSSR count). The summed E-state index contributed by atoms with van der Waals surface area (Å²) in [5.41, 5.74) is 1.70. The second-order valence-electron chi connectivity index (χ2n) is 11.2. The van der Waals surface area contributed by atoms with Gasteiger partial charge in [0.2, 0.25) is 0 Å². The first-order chi connectivity index (χ1) is 22.9. The summed E-state index contributed by atoms with van der Waals surface area (Å²) in [4.78, 5) is 38.1. The number of unbranched alkanes of at least 4 members (excludes halogenated alkanes) is 6. The third-order valence-corrected chi connectivity index (χ3v) is 7.34. The Morgan fingerprint density at radius 2 is 1.00 bits per heavy atom. The first-order valence-corrected chi connectivity index (χ1v) is 16.4. The molecule has 0 fully saturated rings. The molecule has 0 heterocycles. The van der Waals surface area contributed by atoms with E-state index < -0.39 is 11.9 Å². The Labute approximate surface area is 277 Å². The van der Waals surface area contributed by atoms with Gasteiger partial charge < -0.3 is 24.3 Å². The molecule has 0 bridgehead atoms. The molecule has 0 spiro atoms. The van der Waals surface area contributed by atoms with Gasteiger partial charge in [0.25, 0.3) is 5.91 Å². The molecule has 1 amide bonds. The average molecular weight is 638 g/mol. The van der Waals surface area contributed by atoms with Crippen LogP contribution in [0.5, 0.6) is 23.0 Å². The van der Waals surface area contributed by atoms with Gasteiger partial charge in [-0.1, -0.05) is 58.4 Å². The smallest absolute Gasteiger partial charge is 0.343 e. The zero-order chi connectivity index (χ0) is 33.3. The third-order valence-electron chi connectivity index (χ3n) is 7.34. The van der Waals surface area contributed by atoms with Crippen LogP contribution in [0.25, 0.3) is 0 Å². The Morgan fingerprint density at radius 1 is 0.511 bits per heavy atom. The van der Waals surface area contributed by atoms with Gasteiger partial charge in [0.05, 0.1) is 24.3 Å². The van der Waals surface area contributed by atoms with Gasteiger partial charge >= 0.3 is 11.9 Å². The highest BCUT2D eigenvalue weighted by Crippen LogP contribution is 2.21. The van der Waals surface area contributed by atoms with Gasteiger partial charge in [0.15, 0.2) is 0 Å². The minimum atomic E-state index is -0.587. The summed E-state index contributed by atoms with van der Waals surface area (Å²) in [5.74, 6) is 0.586. The highest BCUT2D eigenvalue weighted by atomic mass is 16.5. The van der Waals surface area contributed by atoms with Crippen LogP contribution in [-0.4, -0.2) is 31.1 Å². The van der Waals surface area contributed by atoms with Crippen LogP contribution in [-0.2, 0) is 0 Å². The molecule has 1 N–H and O–H groups in total. The number of anilines is 1. The molecule has 0 atom stereocenters. The van der Waals surface area contributed by atoms with E-state index >= 15 is 0 Å². The lowest BCUT2D eigenvalue weighted by molar-refractivity contribution is 0.0730. The first kappa shape index (κ1) is 34.8. The number of amides is 1. The minimum Gasteiger partial charge on any atom is -0.494 e. The highest BCUT2D eigenvalue weighted by Gasteiger charge is 2.13. The third kappa shape index (κ3) is 11.6. The van der Waals surface area contributed by atoms with Crippen molar-refractivity contribution in [3.63, 3.8) is 0 Å². The van der Waals surface area contributed by atoms with E-state index in [1.165, 1.54) is 49.9 Å². The van der Waals surface area contributed by atoms with E-state index in [9.17, 15) is 14.4 Å². The quantitative estimate of drug-likeness (QED) is 0.0659. The van der Waals surface area contributed by atoms with Crippen molar-refractivity contribution >= 4 is 23.5 Å². The van der Waals surface area contributed by atoms with Crippen LogP contribution >= 0.6 is 0 Å². The predicted molar refractivity (Wildman–Crippen MR) is 183 cm³/mol. The van der Waals surface area contributed by atoms with E-state index in [1.807, 2.05) is 12.1 Å². The van der Waals surface area contributed by atoms with Crippen molar-refractivity contribution in [1.82, 2.24) is 0 Å². The maximum atomic E-state index is 12.7. The summed E-state index contributed by atoms with van der Waals surface area (Å²) in [5, 5.41) is 2.85. The van der Waals surface area contributed by atoms with Crippen molar-refractivity contribution in [2.75, 3.05) is 18.5 Å². The SMILES string of the molecule is CCCCCCCCOc1ccc(C(=O)Oc2ccc(C(=O)Oc3ccc(C(=O)Nc4cccc(OCCCC)c4)cc3)cc2)cc1. The molecule has 0 radical (unpaired) electrons. The highest BCUT2D eigenvalue weighted by molar-refractivity contribution is 6.04. The van der Waals surface area contributed by atoms with Gasteiger partial charge in [-0.15, -0.1) is 0 Å². The Balaban J connectivity index is 1.22. The monoisotopic (exact) mass is 637 g/mol. The first-order valence-electron chi connectivity index (χ1n) is 16.4. The molecular weight excluding hydrogens is 594 g/mol. The fourth-order valence-corrected chi connectivity index (χ4v) is 4.63. The number of hydrogen-bond donors (Lipinski definition) is 1. The molecule has 8 heteroatoms.